The van der Waals surface area contributed by atoms with Crippen molar-refractivity contribution in [2.24, 2.45) is 29.6 Å². The first-order chi connectivity index (χ1) is 8.43. The lowest BCUT2D eigenvalue weighted by molar-refractivity contribution is 0.0369. The van der Waals surface area contributed by atoms with Gasteiger partial charge in [-0.25, -0.2) is 0 Å². The van der Waals surface area contributed by atoms with Crippen LogP contribution in [-0.2, 0) is 0 Å². The number of hydrogen-bond acceptors (Lipinski definition) is 1. The largest absolute Gasteiger partial charge is 0.158 e. The molecule has 0 aromatic rings. The third-order valence-electron chi connectivity index (χ3n) is 6.49. The van der Waals surface area contributed by atoms with E-state index in [1.54, 1.807) is 51.4 Å². The van der Waals surface area contributed by atoms with Gasteiger partial charge in [-0.15, -0.1) is 0 Å². The molecule has 0 nitrogen and oxygen atoms in total. The average molecular weight is 250 g/mol. The highest BCUT2D eigenvalue weighted by Gasteiger charge is 2.48. The van der Waals surface area contributed by atoms with Crippen LogP contribution in [0.4, 0.5) is 0 Å². The molecule has 0 aromatic carbocycles. The van der Waals surface area contributed by atoms with Gasteiger partial charge in [-0.3, -0.25) is 0 Å². The molecule has 0 radical (unpaired) electrons. The van der Waals surface area contributed by atoms with Gasteiger partial charge in [0.05, 0.1) is 0 Å². The van der Waals surface area contributed by atoms with Crippen molar-refractivity contribution >= 4 is 11.8 Å². The molecule has 0 amide bonds. The Morgan fingerprint density at radius 3 is 2.47 bits per heavy atom. The van der Waals surface area contributed by atoms with Crippen molar-refractivity contribution in [3.63, 3.8) is 0 Å². The standard InChI is InChI=1S/C16H26S/c1-2-5-12-11(4-1)8-9-13-14-6-3-7-16(14)17-10-15(12)13/h11-16H,1-10H2. The van der Waals surface area contributed by atoms with Gasteiger partial charge in [-0.2, -0.15) is 11.8 Å². The lowest BCUT2D eigenvalue weighted by Crippen LogP contribution is -2.45. The molecule has 3 aliphatic carbocycles. The highest BCUT2D eigenvalue weighted by atomic mass is 32.2. The molecule has 1 heteroatoms. The topological polar surface area (TPSA) is 0 Å². The van der Waals surface area contributed by atoms with Crippen molar-refractivity contribution in [3.8, 4) is 0 Å². The molecule has 0 bridgehead atoms. The van der Waals surface area contributed by atoms with Crippen molar-refractivity contribution in [3.05, 3.63) is 0 Å². The lowest BCUT2D eigenvalue weighted by Gasteiger charge is -2.51. The number of fused-ring (bicyclic) bond motifs is 5. The summed E-state index contributed by atoms with van der Waals surface area (Å²) in [6.07, 6.45) is 14.1. The minimum Gasteiger partial charge on any atom is -0.158 e. The Labute approximate surface area is 110 Å². The molecule has 0 spiro atoms. The minimum absolute atomic E-state index is 1.08. The van der Waals surface area contributed by atoms with Gasteiger partial charge >= 0.3 is 0 Å². The smallest absolute Gasteiger partial charge is 0.00781 e. The Bertz CT molecular complexity index is 287. The van der Waals surface area contributed by atoms with Crippen LogP contribution in [0.3, 0.4) is 0 Å². The third kappa shape index (κ3) is 1.79. The van der Waals surface area contributed by atoms with Gasteiger partial charge in [0.15, 0.2) is 0 Å². The van der Waals surface area contributed by atoms with Crippen LogP contribution in [0.25, 0.3) is 0 Å². The molecule has 6 unspecified atom stereocenters. The predicted octanol–water partition coefficient (Wildman–Crippen LogP) is 4.73. The van der Waals surface area contributed by atoms with Crippen LogP contribution in [0.1, 0.15) is 57.8 Å². The van der Waals surface area contributed by atoms with E-state index in [1.165, 1.54) is 12.2 Å². The van der Waals surface area contributed by atoms with Crippen LogP contribution in [0.15, 0.2) is 0 Å². The molecule has 0 N–H and O–H groups in total. The summed E-state index contributed by atoms with van der Waals surface area (Å²) >= 11 is 2.38. The molecule has 1 heterocycles. The maximum Gasteiger partial charge on any atom is 0.00781 e. The van der Waals surface area contributed by atoms with Crippen molar-refractivity contribution in [2.75, 3.05) is 5.75 Å². The van der Waals surface area contributed by atoms with E-state index in [2.05, 4.69) is 11.8 Å². The summed E-state index contributed by atoms with van der Waals surface area (Å²) in [5, 5.41) is 1.08. The van der Waals surface area contributed by atoms with Gasteiger partial charge in [0.2, 0.25) is 0 Å². The SMILES string of the molecule is C1CCC2C(C1)CCC1C3CCCC3SCC21. The fraction of sp³-hybridized carbons (Fsp3) is 1.00. The lowest BCUT2D eigenvalue weighted by atomic mass is 9.59. The monoisotopic (exact) mass is 250 g/mol. The van der Waals surface area contributed by atoms with E-state index < -0.39 is 0 Å². The third-order valence-corrected chi connectivity index (χ3v) is 8.09. The quantitative estimate of drug-likeness (QED) is 0.598. The second kappa shape index (κ2) is 4.47. The van der Waals surface area contributed by atoms with Crippen molar-refractivity contribution in [2.45, 2.75) is 63.0 Å². The van der Waals surface area contributed by atoms with Gasteiger partial charge in [0, 0.05) is 5.25 Å². The van der Waals surface area contributed by atoms with Crippen molar-refractivity contribution < 1.29 is 0 Å². The summed E-state index contributed by atoms with van der Waals surface area (Å²) in [6.45, 7) is 0. The van der Waals surface area contributed by atoms with Gasteiger partial charge in [0.25, 0.3) is 0 Å². The van der Waals surface area contributed by atoms with Crippen LogP contribution >= 0.6 is 11.8 Å². The average Bonchev–Trinajstić information content (AvgIpc) is 2.86. The van der Waals surface area contributed by atoms with Gasteiger partial charge in [-0.05, 0) is 67.4 Å². The van der Waals surface area contributed by atoms with Crippen LogP contribution in [0.5, 0.6) is 0 Å². The molecule has 3 saturated carbocycles. The maximum absolute atomic E-state index is 2.38. The molecular weight excluding hydrogens is 224 g/mol. The highest BCUT2D eigenvalue weighted by Crippen LogP contribution is 2.57. The Balaban J connectivity index is 1.56. The molecule has 0 aromatic heterocycles. The molecule has 4 rings (SSSR count). The normalized spacial score (nSPS) is 53.6. The summed E-state index contributed by atoms with van der Waals surface area (Å²) in [5.41, 5.74) is 0. The first-order valence-corrected chi connectivity index (χ1v) is 9.10. The van der Waals surface area contributed by atoms with Crippen molar-refractivity contribution in [1.82, 2.24) is 0 Å². The zero-order valence-electron chi connectivity index (χ0n) is 10.9. The van der Waals surface area contributed by atoms with Crippen LogP contribution in [0.2, 0.25) is 0 Å². The Kier molecular flexibility index (Phi) is 2.95. The summed E-state index contributed by atoms with van der Waals surface area (Å²) < 4.78 is 0. The van der Waals surface area contributed by atoms with Gasteiger partial charge < -0.3 is 0 Å². The maximum atomic E-state index is 2.38. The first kappa shape index (κ1) is 11.2. The number of rotatable bonds is 0. The number of hydrogen-bond donors (Lipinski definition) is 0. The second-order valence-electron chi connectivity index (χ2n) is 7.08. The number of thioether (sulfide) groups is 1. The molecule has 4 fully saturated rings. The van der Waals surface area contributed by atoms with Crippen molar-refractivity contribution in [1.29, 1.82) is 0 Å². The Hall–Kier alpha value is 0.350. The minimum atomic E-state index is 1.08. The molecule has 6 atom stereocenters. The molecule has 96 valence electrons. The van der Waals surface area contributed by atoms with E-state index in [-0.39, 0.29) is 0 Å². The molecule has 4 aliphatic rings. The predicted molar refractivity (Wildman–Crippen MR) is 75.2 cm³/mol. The molecule has 1 aliphatic heterocycles. The van der Waals surface area contributed by atoms with E-state index >= 15 is 0 Å². The van der Waals surface area contributed by atoms with Crippen LogP contribution < -0.4 is 0 Å². The fourth-order valence-electron chi connectivity index (χ4n) is 5.76. The second-order valence-corrected chi connectivity index (χ2v) is 8.35. The van der Waals surface area contributed by atoms with Crippen LogP contribution in [-0.4, -0.2) is 11.0 Å². The summed E-state index contributed by atoms with van der Waals surface area (Å²) in [7, 11) is 0. The Morgan fingerprint density at radius 2 is 1.47 bits per heavy atom. The highest BCUT2D eigenvalue weighted by molar-refractivity contribution is 8.00. The van der Waals surface area contributed by atoms with E-state index in [1.807, 2.05) is 0 Å². The summed E-state index contributed by atoms with van der Waals surface area (Å²) in [4.78, 5) is 0. The van der Waals surface area contributed by atoms with Gasteiger partial charge in [-0.1, -0.05) is 25.7 Å². The first-order valence-electron chi connectivity index (χ1n) is 8.05. The molecular formula is C16H26S. The summed E-state index contributed by atoms with van der Waals surface area (Å²) in [5.74, 6) is 7.26. The van der Waals surface area contributed by atoms with E-state index in [4.69, 9.17) is 0 Å². The molecule has 1 saturated heterocycles. The van der Waals surface area contributed by atoms with E-state index in [0.717, 1.165) is 34.8 Å². The zero-order valence-corrected chi connectivity index (χ0v) is 11.8. The van der Waals surface area contributed by atoms with Crippen LogP contribution in [0, 0.1) is 29.6 Å². The van der Waals surface area contributed by atoms with Gasteiger partial charge in [0.1, 0.15) is 0 Å². The zero-order chi connectivity index (χ0) is 11.2. The fourth-order valence-corrected chi connectivity index (χ4v) is 7.64. The summed E-state index contributed by atoms with van der Waals surface area (Å²) in [6, 6.07) is 0. The van der Waals surface area contributed by atoms with E-state index in [9.17, 15) is 0 Å². The van der Waals surface area contributed by atoms with E-state index in [0.29, 0.717) is 0 Å². The molecule has 17 heavy (non-hydrogen) atoms. The Morgan fingerprint density at radius 1 is 0.588 bits per heavy atom.